The molecule has 2 amide bonds. The van der Waals surface area contributed by atoms with Crippen LogP contribution in [0.25, 0.3) is 0 Å². The topological polar surface area (TPSA) is 74.0 Å². The van der Waals surface area contributed by atoms with E-state index < -0.39 is 0 Å². The van der Waals surface area contributed by atoms with E-state index in [2.05, 4.69) is 15.6 Å². The van der Waals surface area contributed by atoms with Crippen molar-refractivity contribution in [3.05, 3.63) is 33.7 Å². The standard InChI is InChI=1S/C16H23N3O2/c20-15-9-8-12-13(18-15)6-3-7-14(12)19-16(21)17-10-11-4-1-2-5-11/h8-9,11,14H,1-7,10H2,(H,18,20)(H2,17,19,21). The lowest BCUT2D eigenvalue weighted by Gasteiger charge is -2.26. The van der Waals surface area contributed by atoms with Crippen molar-refractivity contribution in [3.8, 4) is 0 Å². The normalized spacial score (nSPS) is 21.8. The molecule has 0 aromatic carbocycles. The molecule has 1 atom stereocenters. The van der Waals surface area contributed by atoms with Gasteiger partial charge in [-0.3, -0.25) is 4.79 Å². The van der Waals surface area contributed by atoms with Crippen LogP contribution in [0.15, 0.2) is 16.9 Å². The van der Waals surface area contributed by atoms with Crippen LogP contribution in [0.2, 0.25) is 0 Å². The van der Waals surface area contributed by atoms with Gasteiger partial charge in [0.25, 0.3) is 0 Å². The van der Waals surface area contributed by atoms with Gasteiger partial charge >= 0.3 is 6.03 Å². The summed E-state index contributed by atoms with van der Waals surface area (Å²) in [5.74, 6) is 0.644. The van der Waals surface area contributed by atoms with Crippen LogP contribution in [0.1, 0.15) is 55.8 Å². The monoisotopic (exact) mass is 289 g/mol. The second kappa shape index (κ2) is 6.33. The number of aryl methyl sites for hydroxylation is 1. The molecular formula is C16H23N3O2. The molecule has 1 saturated carbocycles. The molecule has 2 aliphatic carbocycles. The first kappa shape index (κ1) is 14.2. The number of carbonyl (C=O) groups excluding carboxylic acids is 1. The maximum Gasteiger partial charge on any atom is 0.315 e. The fraction of sp³-hybridized carbons (Fsp3) is 0.625. The van der Waals surface area contributed by atoms with Gasteiger partial charge < -0.3 is 15.6 Å². The summed E-state index contributed by atoms with van der Waals surface area (Å²) in [4.78, 5) is 26.3. The fourth-order valence-corrected chi connectivity index (χ4v) is 3.51. The Bertz CT molecular complexity index is 561. The summed E-state index contributed by atoms with van der Waals surface area (Å²) in [6, 6.07) is 3.30. The number of fused-ring (bicyclic) bond motifs is 1. The summed E-state index contributed by atoms with van der Waals surface area (Å²) < 4.78 is 0. The van der Waals surface area contributed by atoms with Gasteiger partial charge in [-0.25, -0.2) is 4.79 Å². The zero-order valence-electron chi connectivity index (χ0n) is 12.3. The highest BCUT2D eigenvalue weighted by molar-refractivity contribution is 5.74. The summed E-state index contributed by atoms with van der Waals surface area (Å²) >= 11 is 0. The maximum atomic E-state index is 12.1. The minimum Gasteiger partial charge on any atom is -0.338 e. The summed E-state index contributed by atoms with van der Waals surface area (Å²) in [5, 5.41) is 6.04. The second-order valence-corrected chi connectivity index (χ2v) is 6.21. The average molecular weight is 289 g/mol. The number of pyridine rings is 1. The lowest BCUT2D eigenvalue weighted by molar-refractivity contribution is 0.233. The van der Waals surface area contributed by atoms with Crippen LogP contribution in [0, 0.1) is 5.92 Å². The van der Waals surface area contributed by atoms with E-state index in [1.54, 1.807) is 0 Å². The summed E-state index contributed by atoms with van der Waals surface area (Å²) in [6.45, 7) is 0.775. The molecule has 5 nitrogen and oxygen atoms in total. The Kier molecular flexibility index (Phi) is 4.27. The summed E-state index contributed by atoms with van der Waals surface area (Å²) in [7, 11) is 0. The van der Waals surface area contributed by atoms with Gasteiger partial charge in [0.15, 0.2) is 0 Å². The van der Waals surface area contributed by atoms with Crippen molar-refractivity contribution < 1.29 is 4.79 Å². The van der Waals surface area contributed by atoms with Gasteiger partial charge in [-0.05, 0) is 49.7 Å². The van der Waals surface area contributed by atoms with E-state index in [4.69, 9.17) is 0 Å². The molecule has 1 aromatic heterocycles. The van der Waals surface area contributed by atoms with Crippen LogP contribution >= 0.6 is 0 Å². The number of amides is 2. The summed E-state index contributed by atoms with van der Waals surface area (Å²) in [5.41, 5.74) is 1.95. The molecular weight excluding hydrogens is 266 g/mol. The van der Waals surface area contributed by atoms with Gasteiger partial charge in [0.05, 0.1) is 6.04 Å². The van der Waals surface area contributed by atoms with Gasteiger partial charge in [0, 0.05) is 18.3 Å². The molecule has 1 unspecified atom stereocenters. The molecule has 0 saturated heterocycles. The highest BCUT2D eigenvalue weighted by Gasteiger charge is 2.23. The van der Waals surface area contributed by atoms with Gasteiger partial charge in [-0.15, -0.1) is 0 Å². The Morgan fingerprint density at radius 2 is 2.00 bits per heavy atom. The first-order valence-electron chi connectivity index (χ1n) is 7.99. The van der Waals surface area contributed by atoms with E-state index in [1.807, 2.05) is 6.07 Å². The van der Waals surface area contributed by atoms with Crippen molar-refractivity contribution in [2.24, 2.45) is 5.92 Å². The third kappa shape index (κ3) is 3.46. The molecule has 1 fully saturated rings. The maximum absolute atomic E-state index is 12.1. The molecule has 0 spiro atoms. The molecule has 1 heterocycles. The zero-order chi connectivity index (χ0) is 14.7. The van der Waals surface area contributed by atoms with Crippen LogP contribution in [0.3, 0.4) is 0 Å². The van der Waals surface area contributed by atoms with Crippen molar-refractivity contribution in [2.75, 3.05) is 6.54 Å². The third-order valence-corrected chi connectivity index (χ3v) is 4.66. The average Bonchev–Trinajstić information content (AvgIpc) is 2.98. The number of hydrogen-bond donors (Lipinski definition) is 3. The number of hydrogen-bond acceptors (Lipinski definition) is 2. The van der Waals surface area contributed by atoms with Crippen LogP contribution in [0.5, 0.6) is 0 Å². The number of H-pyrrole nitrogens is 1. The molecule has 0 aliphatic heterocycles. The number of aromatic nitrogens is 1. The molecule has 5 heteroatoms. The lowest BCUT2D eigenvalue weighted by atomic mass is 9.91. The van der Waals surface area contributed by atoms with Crippen LogP contribution in [0.4, 0.5) is 4.79 Å². The van der Waals surface area contributed by atoms with Crippen molar-refractivity contribution in [3.63, 3.8) is 0 Å². The molecule has 21 heavy (non-hydrogen) atoms. The quantitative estimate of drug-likeness (QED) is 0.798. The Morgan fingerprint density at radius 1 is 1.19 bits per heavy atom. The Balaban J connectivity index is 1.58. The van der Waals surface area contributed by atoms with Crippen molar-refractivity contribution in [1.29, 1.82) is 0 Å². The minimum atomic E-state index is -0.0917. The molecule has 2 aliphatic rings. The number of rotatable bonds is 3. The second-order valence-electron chi connectivity index (χ2n) is 6.21. The number of aromatic amines is 1. The Morgan fingerprint density at radius 3 is 2.81 bits per heavy atom. The van der Waals surface area contributed by atoms with Crippen LogP contribution < -0.4 is 16.2 Å². The molecule has 3 N–H and O–H groups in total. The molecule has 1 aromatic rings. The van der Waals surface area contributed by atoms with Crippen molar-refractivity contribution >= 4 is 6.03 Å². The largest absolute Gasteiger partial charge is 0.338 e. The van der Waals surface area contributed by atoms with Crippen LogP contribution in [-0.4, -0.2) is 17.6 Å². The van der Waals surface area contributed by atoms with Gasteiger partial charge in [-0.1, -0.05) is 12.8 Å². The van der Waals surface area contributed by atoms with E-state index in [1.165, 1.54) is 31.7 Å². The molecule has 0 radical (unpaired) electrons. The molecule has 114 valence electrons. The SMILES string of the molecule is O=C(NCC1CCCC1)NC1CCCc2[nH]c(=O)ccc21. The molecule has 0 bridgehead atoms. The number of carbonyl (C=O) groups is 1. The van der Waals surface area contributed by atoms with E-state index >= 15 is 0 Å². The summed E-state index contributed by atoms with van der Waals surface area (Å²) in [6.07, 6.45) is 7.83. The van der Waals surface area contributed by atoms with Gasteiger partial charge in [0.2, 0.25) is 5.56 Å². The number of urea groups is 1. The van der Waals surface area contributed by atoms with Gasteiger partial charge in [0.1, 0.15) is 0 Å². The first-order chi connectivity index (χ1) is 10.2. The first-order valence-corrected chi connectivity index (χ1v) is 7.99. The van der Waals surface area contributed by atoms with E-state index in [0.717, 1.165) is 37.1 Å². The smallest absolute Gasteiger partial charge is 0.315 e. The van der Waals surface area contributed by atoms with E-state index in [9.17, 15) is 9.59 Å². The predicted molar refractivity (Wildman–Crippen MR) is 81.2 cm³/mol. The van der Waals surface area contributed by atoms with Crippen molar-refractivity contribution in [2.45, 2.75) is 51.0 Å². The predicted octanol–water partition coefficient (Wildman–Crippen LogP) is 2.24. The van der Waals surface area contributed by atoms with Crippen LogP contribution in [-0.2, 0) is 6.42 Å². The zero-order valence-corrected chi connectivity index (χ0v) is 12.3. The fourth-order valence-electron chi connectivity index (χ4n) is 3.51. The third-order valence-electron chi connectivity index (χ3n) is 4.66. The highest BCUT2D eigenvalue weighted by Crippen LogP contribution is 2.27. The Hall–Kier alpha value is -1.78. The van der Waals surface area contributed by atoms with E-state index in [0.29, 0.717) is 5.92 Å². The number of nitrogens with one attached hydrogen (secondary N) is 3. The van der Waals surface area contributed by atoms with Gasteiger partial charge in [-0.2, -0.15) is 0 Å². The van der Waals surface area contributed by atoms with Crippen molar-refractivity contribution in [1.82, 2.24) is 15.6 Å². The van der Waals surface area contributed by atoms with E-state index in [-0.39, 0.29) is 17.6 Å². The Labute approximate surface area is 124 Å². The lowest BCUT2D eigenvalue weighted by Crippen LogP contribution is -2.41. The highest BCUT2D eigenvalue weighted by atomic mass is 16.2. The minimum absolute atomic E-state index is 0.00850. The molecule has 3 rings (SSSR count).